The third kappa shape index (κ3) is 3.74. The van der Waals surface area contributed by atoms with Crippen molar-refractivity contribution in [1.82, 2.24) is 4.90 Å². The van der Waals surface area contributed by atoms with Gasteiger partial charge in [-0.2, -0.15) is 0 Å². The Morgan fingerprint density at radius 3 is 2.57 bits per heavy atom. The molecule has 0 radical (unpaired) electrons. The maximum Gasteiger partial charge on any atom is 0.266 e. The number of halogens is 1. The van der Waals surface area contributed by atoms with Gasteiger partial charge in [0.15, 0.2) is 0 Å². The van der Waals surface area contributed by atoms with E-state index in [1.807, 2.05) is 0 Å². The first kappa shape index (κ1) is 17.1. The second-order valence-corrected chi connectivity index (χ2v) is 6.16. The summed E-state index contributed by atoms with van der Waals surface area (Å²) < 4.78 is 13.5. The highest BCUT2D eigenvalue weighted by atomic mass is 32.2. The average molecular weight is 353 g/mol. The van der Waals surface area contributed by atoms with Gasteiger partial charge in [-0.25, -0.2) is 4.39 Å². The predicted molar refractivity (Wildman–Crippen MR) is 79.8 cm³/mol. The van der Waals surface area contributed by atoms with Crippen LogP contribution in [0.25, 0.3) is 6.08 Å². The van der Waals surface area contributed by atoms with E-state index in [4.69, 9.17) is 12.2 Å². The number of carboxylic acid groups (broad SMARTS) is 2. The molecule has 0 aromatic heterocycles. The number of carboxylic acids is 2. The summed E-state index contributed by atoms with van der Waals surface area (Å²) in [5, 5.41) is 21.7. The number of thioether (sulfide) groups is 1. The largest absolute Gasteiger partial charge is 0.550 e. The highest BCUT2D eigenvalue weighted by Crippen LogP contribution is 2.34. The Morgan fingerprint density at radius 1 is 1.35 bits per heavy atom. The van der Waals surface area contributed by atoms with Crippen LogP contribution in [-0.4, -0.2) is 33.1 Å². The molecule has 0 N–H and O–H groups in total. The second-order valence-electron chi connectivity index (χ2n) is 4.48. The lowest BCUT2D eigenvalue weighted by molar-refractivity contribution is -0.319. The molecule has 0 spiro atoms. The Bertz CT molecular complexity index is 734. The monoisotopic (exact) mass is 353 g/mol. The lowest BCUT2D eigenvalue weighted by atomic mass is 10.1. The molecule has 1 aliphatic rings. The van der Waals surface area contributed by atoms with Crippen LogP contribution in [0.1, 0.15) is 12.0 Å². The third-order valence-corrected chi connectivity index (χ3v) is 4.29. The van der Waals surface area contributed by atoms with Gasteiger partial charge in [0, 0.05) is 18.0 Å². The zero-order valence-electron chi connectivity index (χ0n) is 11.4. The molecule has 1 aliphatic heterocycles. The van der Waals surface area contributed by atoms with Crippen molar-refractivity contribution >= 4 is 52.2 Å². The van der Waals surface area contributed by atoms with Crippen LogP contribution in [0.15, 0.2) is 29.2 Å². The summed E-state index contributed by atoms with van der Waals surface area (Å²) in [5.41, 5.74) is 0.123. The Balaban J connectivity index is 2.34. The molecule has 1 atom stereocenters. The van der Waals surface area contributed by atoms with Crippen LogP contribution in [0.2, 0.25) is 0 Å². The van der Waals surface area contributed by atoms with E-state index in [1.165, 1.54) is 24.3 Å². The van der Waals surface area contributed by atoms with Crippen molar-refractivity contribution in [2.75, 3.05) is 0 Å². The lowest BCUT2D eigenvalue weighted by Crippen LogP contribution is -2.52. The number of rotatable bonds is 5. The number of thiocarbonyl (C=S) groups is 1. The molecular formula is C14H8FNO5S2-2. The molecule has 9 heteroatoms. The standard InChI is InChI=1S/C14H10FNO5S2/c15-8-4-2-1-3-7(8)5-10-12(19)16(14(22)23-10)9(13(20)21)6-11(17)18/h1-5,9H,6H2,(H,17,18)(H,20,21)/p-2/b10-5-/t9-/m0/s1. The molecule has 1 aromatic rings. The predicted octanol–water partition coefficient (Wildman–Crippen LogP) is -0.715. The number of hydrogen-bond donors (Lipinski definition) is 0. The second kappa shape index (κ2) is 6.88. The van der Waals surface area contributed by atoms with Gasteiger partial charge in [0.1, 0.15) is 10.1 Å². The van der Waals surface area contributed by atoms with Crippen molar-refractivity contribution in [3.8, 4) is 0 Å². The highest BCUT2D eigenvalue weighted by Gasteiger charge is 2.37. The molecule has 23 heavy (non-hydrogen) atoms. The van der Waals surface area contributed by atoms with Gasteiger partial charge in [0.25, 0.3) is 5.91 Å². The van der Waals surface area contributed by atoms with E-state index in [2.05, 4.69) is 0 Å². The molecule has 6 nitrogen and oxygen atoms in total. The Kier molecular flexibility index (Phi) is 5.12. The fourth-order valence-corrected chi connectivity index (χ4v) is 3.27. The SMILES string of the molecule is O=C([O-])C[C@@H](C(=O)[O-])N1C(=O)/C(=C/c2ccccc2F)SC1=S. The quantitative estimate of drug-likeness (QED) is 0.509. The molecule has 0 aliphatic carbocycles. The molecule has 0 unspecified atom stereocenters. The van der Waals surface area contributed by atoms with Crippen LogP contribution in [0.5, 0.6) is 0 Å². The first-order valence-electron chi connectivity index (χ1n) is 6.23. The molecule has 0 bridgehead atoms. The van der Waals surface area contributed by atoms with Gasteiger partial charge in [-0.1, -0.05) is 42.2 Å². The molecule has 0 saturated carbocycles. The van der Waals surface area contributed by atoms with E-state index in [0.29, 0.717) is 4.90 Å². The van der Waals surface area contributed by atoms with Gasteiger partial charge in [-0.05, 0) is 12.1 Å². The molecule has 120 valence electrons. The summed E-state index contributed by atoms with van der Waals surface area (Å²) >= 11 is 5.68. The topological polar surface area (TPSA) is 101 Å². The summed E-state index contributed by atoms with van der Waals surface area (Å²) in [6.07, 6.45) is 0.266. The summed E-state index contributed by atoms with van der Waals surface area (Å²) in [7, 11) is 0. The van der Waals surface area contributed by atoms with Crippen LogP contribution in [-0.2, 0) is 14.4 Å². The van der Waals surface area contributed by atoms with E-state index in [0.717, 1.165) is 11.8 Å². The smallest absolute Gasteiger partial charge is 0.266 e. The van der Waals surface area contributed by atoms with E-state index in [-0.39, 0.29) is 14.8 Å². The highest BCUT2D eigenvalue weighted by molar-refractivity contribution is 8.26. The van der Waals surface area contributed by atoms with Crippen molar-refractivity contribution in [2.45, 2.75) is 12.5 Å². The van der Waals surface area contributed by atoms with Gasteiger partial charge in [0.05, 0.1) is 16.9 Å². The number of amides is 1. The van der Waals surface area contributed by atoms with E-state index in [1.54, 1.807) is 6.07 Å². The minimum Gasteiger partial charge on any atom is -0.550 e. The first-order chi connectivity index (χ1) is 10.8. The number of benzene rings is 1. The van der Waals surface area contributed by atoms with Gasteiger partial charge < -0.3 is 19.8 Å². The number of hydrogen-bond acceptors (Lipinski definition) is 7. The zero-order valence-corrected chi connectivity index (χ0v) is 13.0. The van der Waals surface area contributed by atoms with Gasteiger partial charge in [-0.3, -0.25) is 9.69 Å². The van der Waals surface area contributed by atoms with Crippen LogP contribution in [0, 0.1) is 5.82 Å². The molecule has 1 amide bonds. The fraction of sp³-hybridized carbons (Fsp3) is 0.143. The summed E-state index contributed by atoms with van der Waals surface area (Å²) in [5.74, 6) is -4.81. The van der Waals surface area contributed by atoms with Crippen LogP contribution in [0.3, 0.4) is 0 Å². The number of carbonyl (C=O) groups is 3. The first-order valence-corrected chi connectivity index (χ1v) is 7.46. The summed E-state index contributed by atoms with van der Waals surface area (Å²) in [6, 6.07) is 3.89. The molecule has 1 saturated heterocycles. The fourth-order valence-electron chi connectivity index (χ4n) is 1.92. The van der Waals surface area contributed by atoms with Gasteiger partial charge in [0.2, 0.25) is 0 Å². The van der Waals surface area contributed by atoms with Gasteiger partial charge >= 0.3 is 0 Å². The Labute approximate surface area is 139 Å². The van der Waals surface area contributed by atoms with Gasteiger partial charge in [-0.15, -0.1) is 0 Å². The van der Waals surface area contributed by atoms with E-state index < -0.39 is 36.1 Å². The van der Waals surface area contributed by atoms with Crippen molar-refractivity contribution < 1.29 is 29.0 Å². The minimum absolute atomic E-state index is 0.00954. The maximum atomic E-state index is 13.6. The van der Waals surface area contributed by atoms with Crippen molar-refractivity contribution in [2.24, 2.45) is 0 Å². The average Bonchev–Trinajstić information content (AvgIpc) is 2.73. The number of aliphatic carboxylic acids is 2. The van der Waals surface area contributed by atoms with E-state index in [9.17, 15) is 29.0 Å². The Hall–Kier alpha value is -2.26. The third-order valence-electron chi connectivity index (χ3n) is 2.96. The van der Waals surface area contributed by atoms with Crippen LogP contribution in [0.4, 0.5) is 4.39 Å². The maximum absolute atomic E-state index is 13.6. The molecule has 2 rings (SSSR count). The van der Waals surface area contributed by atoms with Crippen LogP contribution < -0.4 is 10.2 Å². The van der Waals surface area contributed by atoms with Crippen molar-refractivity contribution in [3.05, 3.63) is 40.6 Å². The molecule has 1 aromatic carbocycles. The normalized spacial score (nSPS) is 17.6. The number of carbonyl (C=O) groups excluding carboxylic acids is 3. The van der Waals surface area contributed by atoms with Crippen molar-refractivity contribution in [3.63, 3.8) is 0 Å². The van der Waals surface area contributed by atoms with Crippen LogP contribution >= 0.6 is 24.0 Å². The Morgan fingerprint density at radius 2 is 2.00 bits per heavy atom. The summed E-state index contributed by atoms with van der Waals surface area (Å²) in [4.78, 5) is 34.6. The lowest BCUT2D eigenvalue weighted by Gasteiger charge is -2.27. The zero-order chi connectivity index (χ0) is 17.1. The van der Waals surface area contributed by atoms with E-state index >= 15 is 0 Å². The molecule has 1 fully saturated rings. The minimum atomic E-state index is -1.78. The van der Waals surface area contributed by atoms with Crippen molar-refractivity contribution in [1.29, 1.82) is 0 Å². The number of nitrogens with zero attached hydrogens (tertiary/aromatic N) is 1. The summed E-state index contributed by atoms with van der Waals surface area (Å²) in [6.45, 7) is 0. The molecule has 1 heterocycles. The molecular weight excluding hydrogens is 345 g/mol.